The van der Waals surface area contributed by atoms with Crippen LogP contribution in [0.25, 0.3) is 17.0 Å². The van der Waals surface area contributed by atoms with Gasteiger partial charge in [0.25, 0.3) is 11.8 Å². The van der Waals surface area contributed by atoms with E-state index in [-0.39, 0.29) is 12.5 Å². The summed E-state index contributed by atoms with van der Waals surface area (Å²) in [7, 11) is 1.61. The first-order valence-corrected chi connectivity index (χ1v) is 9.81. The summed E-state index contributed by atoms with van der Waals surface area (Å²) in [5.74, 6) is 0.568. The predicted molar refractivity (Wildman–Crippen MR) is 114 cm³/mol. The summed E-state index contributed by atoms with van der Waals surface area (Å²) in [6, 6.07) is 9.41. The minimum atomic E-state index is -0.248. The number of anilines is 1. The average molecular weight is 421 g/mol. The van der Waals surface area contributed by atoms with Gasteiger partial charge in [-0.05, 0) is 37.1 Å². The second kappa shape index (κ2) is 9.07. The number of methoxy groups -OCH3 is 1. The highest BCUT2D eigenvalue weighted by atomic mass is 16.5. The van der Waals surface area contributed by atoms with Gasteiger partial charge in [0.2, 0.25) is 5.82 Å². The van der Waals surface area contributed by atoms with E-state index in [4.69, 9.17) is 14.0 Å². The monoisotopic (exact) mass is 421 g/mol. The maximum atomic E-state index is 13.0. The number of fused-ring (bicyclic) bond motifs is 1. The number of hydrogen-bond donors (Lipinski definition) is 1. The standard InChI is InChI=1S/C22H23N5O4/c1-14-7-8-16(21-24-19(31-26-21)13-30-11-10-29-3)15(2)20(14)25-22(28)17-12-23-18-6-4-5-9-27(17)18/h4-9,12H,10-11,13H2,1-3H3,(H,25,28). The van der Waals surface area contributed by atoms with Gasteiger partial charge in [-0.2, -0.15) is 4.98 Å². The second-order valence-corrected chi connectivity index (χ2v) is 7.01. The molecule has 31 heavy (non-hydrogen) atoms. The molecule has 0 saturated carbocycles. The zero-order valence-corrected chi connectivity index (χ0v) is 17.6. The molecule has 9 nitrogen and oxygen atoms in total. The summed E-state index contributed by atoms with van der Waals surface area (Å²) >= 11 is 0. The van der Waals surface area contributed by atoms with Crippen molar-refractivity contribution in [2.75, 3.05) is 25.6 Å². The number of aromatic nitrogens is 4. The van der Waals surface area contributed by atoms with E-state index in [2.05, 4.69) is 20.4 Å². The molecule has 1 N–H and O–H groups in total. The molecule has 160 valence electrons. The Bertz CT molecular complexity index is 1210. The number of imidazole rings is 1. The summed E-state index contributed by atoms with van der Waals surface area (Å²) < 4.78 is 17.4. The van der Waals surface area contributed by atoms with Crippen molar-refractivity contribution in [3.63, 3.8) is 0 Å². The lowest BCUT2D eigenvalue weighted by Gasteiger charge is -2.14. The molecule has 0 aliphatic carbocycles. The van der Waals surface area contributed by atoms with Gasteiger partial charge >= 0.3 is 0 Å². The summed E-state index contributed by atoms with van der Waals surface area (Å²) in [5, 5.41) is 7.08. The Kier molecular flexibility index (Phi) is 6.06. The van der Waals surface area contributed by atoms with Crippen molar-refractivity contribution in [3.8, 4) is 11.4 Å². The molecular weight excluding hydrogens is 398 g/mol. The van der Waals surface area contributed by atoms with Crippen LogP contribution in [0.4, 0.5) is 5.69 Å². The minimum absolute atomic E-state index is 0.207. The summed E-state index contributed by atoms with van der Waals surface area (Å²) in [4.78, 5) is 21.7. The van der Waals surface area contributed by atoms with E-state index in [1.807, 2.05) is 50.4 Å². The van der Waals surface area contributed by atoms with Gasteiger partial charge in [0.15, 0.2) is 0 Å². The molecule has 0 radical (unpaired) electrons. The van der Waals surface area contributed by atoms with Crippen molar-refractivity contribution in [1.29, 1.82) is 0 Å². The molecule has 1 aromatic carbocycles. The fourth-order valence-electron chi connectivity index (χ4n) is 3.28. The number of carbonyl (C=O) groups excluding carboxylic acids is 1. The molecule has 4 aromatic rings. The Morgan fingerprint density at radius 3 is 2.90 bits per heavy atom. The Morgan fingerprint density at radius 1 is 1.19 bits per heavy atom. The third-order valence-electron chi connectivity index (χ3n) is 4.93. The topological polar surface area (TPSA) is 104 Å². The first kappa shape index (κ1) is 20.7. The maximum absolute atomic E-state index is 13.0. The number of rotatable bonds is 8. The van der Waals surface area contributed by atoms with Crippen LogP contribution in [0.2, 0.25) is 0 Å². The van der Waals surface area contributed by atoms with Crippen molar-refractivity contribution in [2.24, 2.45) is 0 Å². The summed E-state index contributed by atoms with van der Waals surface area (Å²) in [6.07, 6.45) is 3.37. The molecule has 4 rings (SSSR count). The van der Waals surface area contributed by atoms with E-state index in [9.17, 15) is 4.79 Å². The van der Waals surface area contributed by atoms with Crippen molar-refractivity contribution in [3.05, 3.63) is 65.4 Å². The van der Waals surface area contributed by atoms with E-state index >= 15 is 0 Å². The summed E-state index contributed by atoms with van der Waals surface area (Å²) in [6.45, 7) is 4.99. The molecule has 0 spiro atoms. The molecule has 0 aliphatic heterocycles. The van der Waals surface area contributed by atoms with Gasteiger partial charge in [-0.25, -0.2) is 4.98 Å². The first-order chi connectivity index (χ1) is 15.1. The smallest absolute Gasteiger partial charge is 0.274 e. The van der Waals surface area contributed by atoms with Gasteiger partial charge in [0, 0.05) is 24.6 Å². The fourth-order valence-corrected chi connectivity index (χ4v) is 3.28. The quantitative estimate of drug-likeness (QED) is 0.435. The van der Waals surface area contributed by atoms with Crippen LogP contribution in [-0.4, -0.2) is 45.8 Å². The van der Waals surface area contributed by atoms with Crippen LogP contribution in [0.3, 0.4) is 0 Å². The molecule has 0 bridgehead atoms. The zero-order chi connectivity index (χ0) is 21.8. The number of amides is 1. The van der Waals surface area contributed by atoms with Crippen molar-refractivity contribution < 1.29 is 18.8 Å². The lowest BCUT2D eigenvalue weighted by atomic mass is 10.0. The number of pyridine rings is 1. The highest BCUT2D eigenvalue weighted by Gasteiger charge is 2.18. The number of aryl methyl sites for hydroxylation is 1. The van der Waals surface area contributed by atoms with E-state index < -0.39 is 0 Å². The van der Waals surface area contributed by atoms with Crippen LogP contribution in [0.5, 0.6) is 0 Å². The Hall–Kier alpha value is -3.56. The number of nitrogens with one attached hydrogen (secondary N) is 1. The molecule has 0 atom stereocenters. The number of nitrogens with zero attached hydrogens (tertiary/aromatic N) is 4. The summed E-state index contributed by atoms with van der Waals surface area (Å²) in [5.41, 5.74) is 4.41. The number of benzene rings is 1. The normalized spacial score (nSPS) is 11.2. The van der Waals surface area contributed by atoms with E-state index in [1.165, 1.54) is 0 Å². The van der Waals surface area contributed by atoms with Crippen LogP contribution in [0, 0.1) is 13.8 Å². The van der Waals surface area contributed by atoms with Crippen LogP contribution in [0.1, 0.15) is 27.5 Å². The van der Waals surface area contributed by atoms with Crippen molar-refractivity contribution in [1.82, 2.24) is 19.5 Å². The van der Waals surface area contributed by atoms with Gasteiger partial charge in [-0.3, -0.25) is 9.20 Å². The van der Waals surface area contributed by atoms with Crippen LogP contribution in [0.15, 0.2) is 47.2 Å². The molecule has 0 aliphatic rings. The average Bonchev–Trinajstić information content (AvgIpc) is 3.41. The van der Waals surface area contributed by atoms with E-state index in [0.717, 1.165) is 16.7 Å². The Morgan fingerprint density at radius 2 is 2.06 bits per heavy atom. The second-order valence-electron chi connectivity index (χ2n) is 7.01. The highest BCUT2D eigenvalue weighted by molar-refractivity contribution is 6.04. The van der Waals surface area contributed by atoms with E-state index in [1.54, 1.807) is 17.7 Å². The third-order valence-corrected chi connectivity index (χ3v) is 4.93. The third kappa shape index (κ3) is 4.32. The predicted octanol–water partition coefficient (Wildman–Crippen LogP) is 3.42. The molecule has 3 heterocycles. The SMILES string of the molecule is COCCOCc1nc(-c2ccc(C)c(NC(=O)c3cnc4ccccn34)c2C)no1. The molecule has 0 saturated heterocycles. The van der Waals surface area contributed by atoms with Crippen molar-refractivity contribution >= 4 is 17.2 Å². The zero-order valence-electron chi connectivity index (χ0n) is 17.6. The van der Waals surface area contributed by atoms with Gasteiger partial charge in [-0.15, -0.1) is 0 Å². The maximum Gasteiger partial charge on any atom is 0.274 e. The Balaban J connectivity index is 1.57. The van der Waals surface area contributed by atoms with Gasteiger partial charge in [0.1, 0.15) is 17.9 Å². The number of hydrogen-bond acceptors (Lipinski definition) is 7. The van der Waals surface area contributed by atoms with Gasteiger partial charge < -0.3 is 19.3 Å². The van der Waals surface area contributed by atoms with Gasteiger partial charge in [-0.1, -0.05) is 23.4 Å². The minimum Gasteiger partial charge on any atom is -0.382 e. The molecule has 0 unspecified atom stereocenters. The molecule has 3 aromatic heterocycles. The van der Waals surface area contributed by atoms with Gasteiger partial charge in [0.05, 0.1) is 19.4 Å². The number of carbonyl (C=O) groups is 1. The first-order valence-electron chi connectivity index (χ1n) is 9.81. The lowest BCUT2D eigenvalue weighted by molar-refractivity contribution is 0.0494. The molecular formula is C22H23N5O4. The largest absolute Gasteiger partial charge is 0.382 e. The van der Waals surface area contributed by atoms with Crippen LogP contribution >= 0.6 is 0 Å². The molecule has 0 fully saturated rings. The van der Waals surface area contributed by atoms with Crippen molar-refractivity contribution in [2.45, 2.75) is 20.5 Å². The molecule has 1 amide bonds. The molecule has 9 heteroatoms. The van der Waals surface area contributed by atoms with E-state index in [0.29, 0.717) is 42.0 Å². The fraction of sp³-hybridized carbons (Fsp3) is 0.273. The van der Waals surface area contributed by atoms with Crippen LogP contribution in [-0.2, 0) is 16.1 Å². The van der Waals surface area contributed by atoms with Crippen LogP contribution < -0.4 is 5.32 Å². The lowest BCUT2D eigenvalue weighted by Crippen LogP contribution is -2.16. The number of ether oxygens (including phenoxy) is 2. The highest BCUT2D eigenvalue weighted by Crippen LogP contribution is 2.30. The Labute approximate surface area is 179 Å².